The number of hydrogen-bond acceptors (Lipinski definition) is 4. The number of carbonyl (C=O) groups excluding carboxylic acids is 2. The van der Waals surface area contributed by atoms with E-state index in [1.54, 1.807) is 11.3 Å². The fraction of sp³-hybridized carbons (Fsp3) is 0.148. The van der Waals surface area contributed by atoms with Gasteiger partial charge in [0.1, 0.15) is 5.01 Å². The fourth-order valence-corrected chi connectivity index (χ4v) is 4.15. The minimum atomic E-state index is -0.123. The third-order valence-corrected chi connectivity index (χ3v) is 6.11. The zero-order valence-electron chi connectivity index (χ0n) is 17.9. The predicted molar refractivity (Wildman–Crippen MR) is 130 cm³/mol. The zero-order valence-corrected chi connectivity index (χ0v) is 18.7. The molecule has 1 aromatic heterocycles. The van der Waals surface area contributed by atoms with E-state index in [1.165, 1.54) is 0 Å². The molecule has 0 fully saturated rings. The van der Waals surface area contributed by atoms with Crippen LogP contribution in [0.1, 0.15) is 34.3 Å². The third kappa shape index (κ3) is 5.56. The number of nitrogens with one attached hydrogen (secondary N) is 1. The summed E-state index contributed by atoms with van der Waals surface area (Å²) in [7, 11) is 0. The molecule has 1 N–H and O–H groups in total. The van der Waals surface area contributed by atoms with E-state index in [0.29, 0.717) is 12.1 Å². The maximum Gasteiger partial charge on any atom is 0.220 e. The number of amides is 1. The summed E-state index contributed by atoms with van der Waals surface area (Å²) in [4.78, 5) is 29.1. The SMILES string of the molecule is Cc1ccc(C(=O)CCC(=O)NCc2ccc(-c3nc(-c4ccccc4)cs3)cc2)cc1. The monoisotopic (exact) mass is 440 g/mol. The lowest BCUT2D eigenvalue weighted by molar-refractivity contribution is -0.121. The number of Topliss-reactive ketones (excluding diaryl/α,β-unsaturated/α-hetero) is 1. The Balaban J connectivity index is 1.27. The Labute approximate surface area is 192 Å². The first kappa shape index (κ1) is 21.7. The van der Waals surface area contributed by atoms with Crippen LogP contribution in [0.5, 0.6) is 0 Å². The summed E-state index contributed by atoms with van der Waals surface area (Å²) in [5, 5.41) is 5.93. The van der Waals surface area contributed by atoms with E-state index in [1.807, 2.05) is 73.7 Å². The molecule has 0 atom stereocenters. The van der Waals surface area contributed by atoms with Gasteiger partial charge in [0.25, 0.3) is 0 Å². The smallest absolute Gasteiger partial charge is 0.220 e. The molecule has 160 valence electrons. The number of aromatic nitrogens is 1. The van der Waals surface area contributed by atoms with Crippen LogP contribution in [0.4, 0.5) is 0 Å². The van der Waals surface area contributed by atoms with Crippen LogP contribution in [0, 0.1) is 6.92 Å². The van der Waals surface area contributed by atoms with Crippen molar-refractivity contribution in [1.29, 1.82) is 0 Å². The van der Waals surface area contributed by atoms with Crippen molar-refractivity contribution < 1.29 is 9.59 Å². The normalized spacial score (nSPS) is 10.7. The highest BCUT2D eigenvalue weighted by atomic mass is 32.1. The first-order valence-corrected chi connectivity index (χ1v) is 11.4. The van der Waals surface area contributed by atoms with Crippen LogP contribution < -0.4 is 5.32 Å². The van der Waals surface area contributed by atoms with Gasteiger partial charge in [0.2, 0.25) is 5.91 Å². The fourth-order valence-electron chi connectivity index (χ4n) is 3.31. The van der Waals surface area contributed by atoms with E-state index in [-0.39, 0.29) is 24.5 Å². The van der Waals surface area contributed by atoms with Gasteiger partial charge in [0, 0.05) is 41.5 Å². The van der Waals surface area contributed by atoms with Crippen LogP contribution in [0.3, 0.4) is 0 Å². The molecule has 0 aliphatic rings. The molecule has 0 spiro atoms. The highest BCUT2D eigenvalue weighted by Crippen LogP contribution is 2.28. The molecule has 4 aromatic rings. The Morgan fingerprint density at radius 2 is 1.56 bits per heavy atom. The van der Waals surface area contributed by atoms with Gasteiger partial charge in [-0.05, 0) is 12.5 Å². The van der Waals surface area contributed by atoms with Gasteiger partial charge in [-0.15, -0.1) is 11.3 Å². The van der Waals surface area contributed by atoms with Crippen molar-refractivity contribution in [1.82, 2.24) is 10.3 Å². The maximum absolute atomic E-state index is 12.2. The lowest BCUT2D eigenvalue weighted by Crippen LogP contribution is -2.23. The highest BCUT2D eigenvalue weighted by molar-refractivity contribution is 7.13. The molecule has 32 heavy (non-hydrogen) atoms. The Bertz CT molecular complexity index is 1200. The zero-order chi connectivity index (χ0) is 22.3. The maximum atomic E-state index is 12.2. The summed E-state index contributed by atoms with van der Waals surface area (Å²) < 4.78 is 0. The van der Waals surface area contributed by atoms with Crippen LogP contribution in [0.15, 0.2) is 84.2 Å². The van der Waals surface area contributed by atoms with Crippen molar-refractivity contribution in [2.45, 2.75) is 26.3 Å². The standard InChI is InChI=1S/C27H24N2O2S/c1-19-7-11-22(12-8-19)25(30)15-16-26(31)28-17-20-9-13-23(14-10-20)27-29-24(18-32-27)21-5-3-2-4-6-21/h2-14,18H,15-17H2,1H3,(H,28,31). The Morgan fingerprint density at radius 1 is 0.844 bits per heavy atom. The van der Waals surface area contributed by atoms with Crippen LogP contribution in [-0.2, 0) is 11.3 Å². The molecule has 0 saturated heterocycles. The van der Waals surface area contributed by atoms with E-state index in [2.05, 4.69) is 22.8 Å². The second-order valence-electron chi connectivity index (χ2n) is 7.67. The molecular formula is C27H24N2O2S. The van der Waals surface area contributed by atoms with Crippen molar-refractivity contribution in [3.8, 4) is 21.8 Å². The molecular weight excluding hydrogens is 416 g/mol. The largest absolute Gasteiger partial charge is 0.352 e. The lowest BCUT2D eigenvalue weighted by atomic mass is 10.0. The first-order chi connectivity index (χ1) is 15.6. The Morgan fingerprint density at radius 3 is 2.28 bits per heavy atom. The minimum Gasteiger partial charge on any atom is -0.352 e. The van der Waals surface area contributed by atoms with Gasteiger partial charge in [-0.25, -0.2) is 4.98 Å². The number of thiazole rings is 1. The van der Waals surface area contributed by atoms with E-state index in [0.717, 1.165) is 33.0 Å². The molecule has 0 unspecified atom stereocenters. The number of rotatable bonds is 8. The summed E-state index contributed by atoms with van der Waals surface area (Å²) in [6.07, 6.45) is 0.397. The van der Waals surface area contributed by atoms with Gasteiger partial charge >= 0.3 is 0 Å². The molecule has 0 radical (unpaired) electrons. The summed E-state index contributed by atoms with van der Waals surface area (Å²) in [6.45, 7) is 2.41. The molecule has 3 aromatic carbocycles. The molecule has 5 heteroatoms. The van der Waals surface area contributed by atoms with Gasteiger partial charge in [0.05, 0.1) is 5.69 Å². The second-order valence-corrected chi connectivity index (χ2v) is 8.52. The quantitative estimate of drug-likeness (QED) is 0.339. The Hall–Kier alpha value is -3.57. The van der Waals surface area contributed by atoms with E-state index in [9.17, 15) is 9.59 Å². The van der Waals surface area contributed by atoms with Gasteiger partial charge < -0.3 is 5.32 Å². The summed E-state index contributed by atoms with van der Waals surface area (Å²) in [5.74, 6) is -0.134. The van der Waals surface area contributed by atoms with Gasteiger partial charge in [-0.3, -0.25) is 9.59 Å². The third-order valence-electron chi connectivity index (χ3n) is 5.22. The molecule has 0 aliphatic carbocycles. The summed E-state index contributed by atoms with van der Waals surface area (Å²) in [5.41, 5.74) is 5.90. The molecule has 4 nitrogen and oxygen atoms in total. The summed E-state index contributed by atoms with van der Waals surface area (Å²) in [6, 6.07) is 25.6. The van der Waals surface area contributed by atoms with Crippen molar-refractivity contribution in [3.63, 3.8) is 0 Å². The number of hydrogen-bond donors (Lipinski definition) is 1. The highest BCUT2D eigenvalue weighted by Gasteiger charge is 2.10. The van der Waals surface area contributed by atoms with E-state index < -0.39 is 0 Å². The Kier molecular flexibility index (Phi) is 6.87. The number of carbonyl (C=O) groups is 2. The number of nitrogens with zero attached hydrogens (tertiary/aromatic N) is 1. The number of benzene rings is 3. The topological polar surface area (TPSA) is 59.1 Å². The molecule has 0 aliphatic heterocycles. The first-order valence-electron chi connectivity index (χ1n) is 10.6. The van der Waals surface area contributed by atoms with Gasteiger partial charge in [-0.1, -0.05) is 84.4 Å². The molecule has 0 bridgehead atoms. The van der Waals surface area contributed by atoms with Crippen molar-refractivity contribution in [2.75, 3.05) is 0 Å². The average molecular weight is 441 g/mol. The van der Waals surface area contributed by atoms with Gasteiger partial charge in [0.15, 0.2) is 5.78 Å². The van der Waals surface area contributed by atoms with Crippen molar-refractivity contribution in [3.05, 3.63) is 101 Å². The summed E-state index contributed by atoms with van der Waals surface area (Å²) >= 11 is 1.62. The van der Waals surface area contributed by atoms with Crippen LogP contribution in [0.2, 0.25) is 0 Å². The molecule has 4 rings (SSSR count). The van der Waals surface area contributed by atoms with Crippen LogP contribution in [-0.4, -0.2) is 16.7 Å². The molecule has 1 amide bonds. The van der Waals surface area contributed by atoms with E-state index >= 15 is 0 Å². The molecule has 1 heterocycles. The lowest BCUT2D eigenvalue weighted by Gasteiger charge is -2.06. The second kappa shape index (κ2) is 10.2. The van der Waals surface area contributed by atoms with E-state index in [4.69, 9.17) is 4.98 Å². The van der Waals surface area contributed by atoms with Crippen LogP contribution in [0.25, 0.3) is 21.8 Å². The van der Waals surface area contributed by atoms with Crippen molar-refractivity contribution in [2.24, 2.45) is 0 Å². The van der Waals surface area contributed by atoms with Crippen molar-refractivity contribution >= 4 is 23.0 Å². The minimum absolute atomic E-state index is 0.0113. The van der Waals surface area contributed by atoms with Gasteiger partial charge in [-0.2, -0.15) is 0 Å². The number of aryl methyl sites for hydroxylation is 1. The van der Waals surface area contributed by atoms with Crippen LogP contribution >= 0.6 is 11.3 Å². The predicted octanol–water partition coefficient (Wildman–Crippen LogP) is 6.06. The number of ketones is 1. The molecule has 0 saturated carbocycles. The average Bonchev–Trinajstić information content (AvgIpc) is 3.33.